The van der Waals surface area contributed by atoms with Gasteiger partial charge in [0.05, 0.1) is 25.6 Å². The zero-order valence-electron chi connectivity index (χ0n) is 15.1. The zero-order chi connectivity index (χ0) is 19.1. The standard InChI is InChI=1S/C20H23FN2O3/c1-13(15-4-8-17(21)9-5-15)22-20(25)12-19(23-14(2)24)16-6-10-18(26-3)11-7-16/h4-11,13,19H,12H2,1-3H3,(H,22,25)(H,23,24). The number of hydrogen-bond donors (Lipinski definition) is 2. The van der Waals surface area contributed by atoms with Crippen LogP contribution >= 0.6 is 0 Å². The number of ether oxygens (including phenoxy) is 1. The number of carbonyl (C=O) groups is 2. The molecule has 2 amide bonds. The molecule has 2 aromatic carbocycles. The van der Waals surface area contributed by atoms with Crippen molar-refractivity contribution in [1.82, 2.24) is 10.6 Å². The Morgan fingerprint density at radius 2 is 1.58 bits per heavy atom. The fourth-order valence-electron chi connectivity index (χ4n) is 2.65. The third kappa shape index (κ3) is 5.58. The van der Waals surface area contributed by atoms with E-state index in [2.05, 4.69) is 10.6 Å². The average molecular weight is 358 g/mol. The first kappa shape index (κ1) is 19.4. The van der Waals surface area contributed by atoms with Gasteiger partial charge in [0.1, 0.15) is 11.6 Å². The molecule has 0 saturated heterocycles. The summed E-state index contributed by atoms with van der Waals surface area (Å²) < 4.78 is 18.1. The topological polar surface area (TPSA) is 67.4 Å². The highest BCUT2D eigenvalue weighted by Crippen LogP contribution is 2.21. The van der Waals surface area contributed by atoms with Gasteiger partial charge in [-0.25, -0.2) is 4.39 Å². The lowest BCUT2D eigenvalue weighted by molar-refractivity contribution is -0.123. The summed E-state index contributed by atoms with van der Waals surface area (Å²) in [4.78, 5) is 23.9. The van der Waals surface area contributed by atoms with Crippen molar-refractivity contribution < 1.29 is 18.7 Å². The molecule has 0 aliphatic heterocycles. The minimum absolute atomic E-state index is 0.0947. The molecule has 0 fully saturated rings. The number of halogens is 1. The number of hydrogen-bond acceptors (Lipinski definition) is 3. The van der Waals surface area contributed by atoms with E-state index in [9.17, 15) is 14.0 Å². The van der Waals surface area contributed by atoms with Gasteiger partial charge in [-0.05, 0) is 42.3 Å². The lowest BCUT2D eigenvalue weighted by atomic mass is 10.0. The van der Waals surface area contributed by atoms with Gasteiger partial charge in [-0.15, -0.1) is 0 Å². The van der Waals surface area contributed by atoms with Crippen molar-refractivity contribution >= 4 is 11.8 Å². The van der Waals surface area contributed by atoms with Crippen LogP contribution in [0.2, 0.25) is 0 Å². The van der Waals surface area contributed by atoms with E-state index in [0.717, 1.165) is 11.1 Å². The second kappa shape index (κ2) is 8.99. The number of carbonyl (C=O) groups excluding carboxylic acids is 2. The number of benzene rings is 2. The van der Waals surface area contributed by atoms with E-state index in [4.69, 9.17) is 4.74 Å². The van der Waals surface area contributed by atoms with Crippen LogP contribution in [-0.2, 0) is 9.59 Å². The molecule has 0 radical (unpaired) electrons. The molecule has 0 bridgehead atoms. The van der Waals surface area contributed by atoms with E-state index in [-0.39, 0.29) is 30.1 Å². The fraction of sp³-hybridized carbons (Fsp3) is 0.300. The van der Waals surface area contributed by atoms with E-state index in [1.807, 2.05) is 19.1 Å². The summed E-state index contributed by atoms with van der Waals surface area (Å²) in [5, 5.41) is 5.67. The Labute approximate surface area is 152 Å². The Kier molecular flexibility index (Phi) is 6.72. The molecule has 26 heavy (non-hydrogen) atoms. The molecule has 2 N–H and O–H groups in total. The molecule has 5 nitrogen and oxygen atoms in total. The Morgan fingerprint density at radius 3 is 2.12 bits per heavy atom. The predicted molar refractivity (Wildman–Crippen MR) is 97.1 cm³/mol. The molecule has 2 aromatic rings. The van der Waals surface area contributed by atoms with Crippen LogP contribution in [0.4, 0.5) is 4.39 Å². The SMILES string of the molecule is COc1ccc(C(CC(=O)NC(C)c2ccc(F)cc2)NC(C)=O)cc1. The van der Waals surface area contributed by atoms with Crippen LogP contribution in [0.5, 0.6) is 5.75 Å². The molecule has 2 atom stereocenters. The molecule has 2 rings (SSSR count). The molecular formula is C20H23FN2O3. The van der Waals surface area contributed by atoms with Gasteiger partial charge in [0, 0.05) is 6.92 Å². The molecule has 0 aliphatic rings. The number of amides is 2. The quantitative estimate of drug-likeness (QED) is 0.798. The van der Waals surface area contributed by atoms with Crippen molar-refractivity contribution in [3.8, 4) is 5.75 Å². The maximum Gasteiger partial charge on any atom is 0.222 e. The van der Waals surface area contributed by atoms with Gasteiger partial charge in [0.2, 0.25) is 11.8 Å². The first-order valence-corrected chi connectivity index (χ1v) is 8.35. The minimum atomic E-state index is -0.446. The molecule has 0 aliphatic carbocycles. The number of methoxy groups -OCH3 is 1. The molecular weight excluding hydrogens is 335 g/mol. The molecule has 0 heterocycles. The van der Waals surface area contributed by atoms with Crippen molar-refractivity contribution in [3.05, 3.63) is 65.5 Å². The van der Waals surface area contributed by atoms with Crippen LogP contribution < -0.4 is 15.4 Å². The van der Waals surface area contributed by atoms with Gasteiger partial charge >= 0.3 is 0 Å². The molecule has 0 aromatic heterocycles. The second-order valence-corrected chi connectivity index (χ2v) is 6.07. The van der Waals surface area contributed by atoms with Gasteiger partial charge < -0.3 is 15.4 Å². The summed E-state index contributed by atoms with van der Waals surface area (Å²) in [5.74, 6) is -0.0520. The number of rotatable bonds is 7. The van der Waals surface area contributed by atoms with Crippen LogP contribution in [0.15, 0.2) is 48.5 Å². The van der Waals surface area contributed by atoms with Gasteiger partial charge in [0.25, 0.3) is 0 Å². The Hall–Kier alpha value is -2.89. The average Bonchev–Trinajstić information content (AvgIpc) is 2.61. The van der Waals surface area contributed by atoms with Crippen molar-refractivity contribution in [2.24, 2.45) is 0 Å². The van der Waals surface area contributed by atoms with Crippen LogP contribution in [0.3, 0.4) is 0 Å². The van der Waals surface area contributed by atoms with E-state index in [1.165, 1.54) is 19.1 Å². The van der Waals surface area contributed by atoms with E-state index in [0.29, 0.717) is 5.75 Å². The van der Waals surface area contributed by atoms with Gasteiger partial charge in [-0.2, -0.15) is 0 Å². The summed E-state index contributed by atoms with van der Waals surface area (Å²) in [7, 11) is 1.57. The van der Waals surface area contributed by atoms with Gasteiger partial charge in [-0.1, -0.05) is 24.3 Å². The third-order valence-corrected chi connectivity index (χ3v) is 4.03. The smallest absolute Gasteiger partial charge is 0.222 e. The number of nitrogens with one attached hydrogen (secondary N) is 2. The van der Waals surface area contributed by atoms with Gasteiger partial charge in [-0.3, -0.25) is 9.59 Å². The third-order valence-electron chi connectivity index (χ3n) is 4.03. The highest BCUT2D eigenvalue weighted by Gasteiger charge is 2.19. The summed E-state index contributed by atoms with van der Waals surface area (Å²) >= 11 is 0. The molecule has 6 heteroatoms. The first-order valence-electron chi connectivity index (χ1n) is 8.35. The van der Waals surface area contributed by atoms with Crippen molar-refractivity contribution in [2.75, 3.05) is 7.11 Å². The summed E-state index contributed by atoms with van der Waals surface area (Å²) in [6.07, 6.45) is 0.0947. The van der Waals surface area contributed by atoms with Crippen molar-refractivity contribution in [2.45, 2.75) is 32.4 Å². The molecule has 0 saturated carbocycles. The Morgan fingerprint density at radius 1 is 1.00 bits per heavy atom. The van der Waals surface area contributed by atoms with E-state index < -0.39 is 6.04 Å². The molecule has 138 valence electrons. The monoisotopic (exact) mass is 358 g/mol. The van der Waals surface area contributed by atoms with Crippen LogP contribution in [0.25, 0.3) is 0 Å². The summed E-state index contributed by atoms with van der Waals surface area (Å²) in [6.45, 7) is 3.24. The predicted octanol–water partition coefficient (Wildman–Crippen LogP) is 3.28. The van der Waals surface area contributed by atoms with Crippen LogP contribution in [0, 0.1) is 5.82 Å². The first-order chi connectivity index (χ1) is 12.4. The Balaban J connectivity index is 2.05. The van der Waals surface area contributed by atoms with Gasteiger partial charge in [0.15, 0.2) is 0 Å². The largest absolute Gasteiger partial charge is 0.497 e. The molecule has 0 spiro atoms. The summed E-state index contributed by atoms with van der Waals surface area (Å²) in [6, 6.07) is 12.5. The normalized spacial score (nSPS) is 12.8. The second-order valence-electron chi connectivity index (χ2n) is 6.07. The van der Waals surface area contributed by atoms with E-state index in [1.54, 1.807) is 31.4 Å². The van der Waals surface area contributed by atoms with Crippen molar-refractivity contribution in [1.29, 1.82) is 0 Å². The lowest BCUT2D eigenvalue weighted by Crippen LogP contribution is -2.33. The minimum Gasteiger partial charge on any atom is -0.497 e. The zero-order valence-corrected chi connectivity index (χ0v) is 15.1. The fourth-order valence-corrected chi connectivity index (χ4v) is 2.65. The lowest BCUT2D eigenvalue weighted by Gasteiger charge is -2.20. The maximum absolute atomic E-state index is 13.0. The highest BCUT2D eigenvalue weighted by molar-refractivity contribution is 5.79. The van der Waals surface area contributed by atoms with Crippen LogP contribution in [-0.4, -0.2) is 18.9 Å². The van der Waals surface area contributed by atoms with E-state index >= 15 is 0 Å². The molecule has 2 unspecified atom stereocenters. The Bertz CT molecular complexity index is 745. The highest BCUT2D eigenvalue weighted by atomic mass is 19.1. The van der Waals surface area contributed by atoms with Crippen LogP contribution in [0.1, 0.15) is 43.5 Å². The summed E-state index contributed by atoms with van der Waals surface area (Å²) in [5.41, 5.74) is 1.62. The van der Waals surface area contributed by atoms with Crippen molar-refractivity contribution in [3.63, 3.8) is 0 Å². The maximum atomic E-state index is 13.0.